The molecule has 0 aromatic rings. The molecule has 4 rings (SSSR count). The Morgan fingerprint density at radius 1 is 0.613 bits per heavy atom. The largest absolute Gasteiger partial charge is 0.394 e. The molecular formula is C37H64N4O21. The van der Waals surface area contributed by atoms with Crippen molar-refractivity contribution in [1.29, 1.82) is 0 Å². The van der Waals surface area contributed by atoms with Crippen molar-refractivity contribution >= 4 is 23.6 Å². The highest BCUT2D eigenvalue weighted by Gasteiger charge is 2.56. The lowest BCUT2D eigenvalue weighted by Gasteiger charge is -2.51. The highest BCUT2D eigenvalue weighted by Crippen LogP contribution is 2.36. The predicted molar refractivity (Wildman–Crippen MR) is 203 cm³/mol. The number of amides is 4. The van der Waals surface area contributed by atoms with Crippen LogP contribution in [-0.2, 0) is 52.3 Å². The second-order valence-electron chi connectivity index (χ2n) is 16.0. The van der Waals surface area contributed by atoms with Crippen molar-refractivity contribution in [2.75, 3.05) is 33.0 Å². The molecule has 25 heteroatoms. The Morgan fingerprint density at radius 2 is 1.13 bits per heavy atom. The lowest BCUT2D eigenvalue weighted by Crippen LogP contribution is -2.71. The van der Waals surface area contributed by atoms with Crippen molar-refractivity contribution in [1.82, 2.24) is 21.3 Å². The molecule has 25 nitrogen and oxygen atoms in total. The number of ether oxygens (including phenoxy) is 7. The van der Waals surface area contributed by atoms with Crippen LogP contribution in [0.4, 0.5) is 0 Å². The topological polar surface area (TPSA) is 383 Å². The van der Waals surface area contributed by atoms with Crippen LogP contribution in [0.1, 0.15) is 59.8 Å². The summed E-state index contributed by atoms with van der Waals surface area (Å²) in [6.45, 7) is 1.17. The molecule has 19 atom stereocenters. The standard InChI is InChI=1S/C37H64N4O21/c1-5-6-7-8-22(50)41-25-28(52)27(51)19(10-42)58-34(25)56-14-37(13-45)9-18(49)23(38-15(2)46)36(62-37)61-32-21(12-44)59-35(26(30(32)54)40-17(4)48)60-31-20(11-43)57-33(55)24(29(31)53)39-16(3)47/h18-21,23-36,42-45,49,51-55H,5-14H2,1-4H3,(H,38,46)(H,39,47)(H,40,48)(H,41,50)/t18?,19-,20+,21-,23-,24-,25-,26-,27-,28?,29?,30?,31-,32-,33?,34-,35+,36-,37?/m1/s1. The number of aliphatic hydroxyl groups is 10. The third kappa shape index (κ3) is 12.7. The molecule has 4 heterocycles. The number of unbranched alkanes of at least 4 members (excludes halogenated alkanes) is 2. The fraction of sp³-hybridized carbons (Fsp3) is 0.892. The molecular weight excluding hydrogens is 836 g/mol. The highest BCUT2D eigenvalue weighted by atomic mass is 16.8. The smallest absolute Gasteiger partial charge is 0.220 e. The zero-order valence-electron chi connectivity index (χ0n) is 34.9. The van der Waals surface area contributed by atoms with E-state index in [2.05, 4.69) is 21.3 Å². The zero-order chi connectivity index (χ0) is 46.1. The first-order chi connectivity index (χ1) is 29.3. The monoisotopic (exact) mass is 900 g/mol. The van der Waals surface area contributed by atoms with Gasteiger partial charge in [0.15, 0.2) is 25.2 Å². The van der Waals surface area contributed by atoms with Crippen LogP contribution in [0.3, 0.4) is 0 Å². The van der Waals surface area contributed by atoms with Gasteiger partial charge in [-0.05, 0) is 6.42 Å². The van der Waals surface area contributed by atoms with E-state index in [4.69, 9.17) is 33.2 Å². The summed E-state index contributed by atoms with van der Waals surface area (Å²) in [7, 11) is 0. The zero-order valence-corrected chi connectivity index (χ0v) is 34.9. The molecule has 4 fully saturated rings. The van der Waals surface area contributed by atoms with Gasteiger partial charge in [-0.1, -0.05) is 19.8 Å². The molecule has 0 radical (unpaired) electrons. The first-order valence-corrected chi connectivity index (χ1v) is 20.5. The maximum atomic E-state index is 12.8. The highest BCUT2D eigenvalue weighted by molar-refractivity contribution is 5.76. The number of carbonyl (C=O) groups is 4. The Balaban J connectivity index is 1.61. The minimum absolute atomic E-state index is 0.0767. The van der Waals surface area contributed by atoms with Crippen LogP contribution < -0.4 is 21.3 Å². The summed E-state index contributed by atoms with van der Waals surface area (Å²) in [5, 5.41) is 117. The van der Waals surface area contributed by atoms with Crippen molar-refractivity contribution in [2.45, 2.75) is 176 Å². The van der Waals surface area contributed by atoms with E-state index in [1.807, 2.05) is 6.92 Å². The third-order valence-corrected chi connectivity index (χ3v) is 11.1. The Bertz CT molecular complexity index is 1470. The Labute approximate surface area is 356 Å². The van der Waals surface area contributed by atoms with E-state index in [0.29, 0.717) is 6.42 Å². The van der Waals surface area contributed by atoms with Crippen LogP contribution in [0.5, 0.6) is 0 Å². The number of hydrogen-bond acceptors (Lipinski definition) is 21. The van der Waals surface area contributed by atoms with Crippen molar-refractivity contribution < 1.29 is 103 Å². The van der Waals surface area contributed by atoms with Gasteiger partial charge >= 0.3 is 0 Å². The number of aliphatic hydroxyl groups excluding tert-OH is 10. The number of nitrogens with one attached hydrogen (secondary N) is 4. The van der Waals surface area contributed by atoms with E-state index in [-0.39, 0.29) is 6.42 Å². The summed E-state index contributed by atoms with van der Waals surface area (Å²) in [6.07, 6.45) is -21.4. The van der Waals surface area contributed by atoms with Gasteiger partial charge in [-0.25, -0.2) is 0 Å². The first kappa shape index (κ1) is 51.8. The molecule has 0 saturated carbocycles. The van der Waals surface area contributed by atoms with Crippen molar-refractivity contribution in [2.24, 2.45) is 0 Å². The van der Waals surface area contributed by atoms with E-state index in [1.165, 1.54) is 0 Å². The van der Waals surface area contributed by atoms with Crippen molar-refractivity contribution in [3.8, 4) is 0 Å². The molecule has 0 spiro atoms. The Hall–Kier alpha value is -2.80. The molecule has 6 unspecified atom stereocenters. The van der Waals surface area contributed by atoms with Crippen LogP contribution in [-0.4, -0.2) is 224 Å². The molecule has 0 aromatic carbocycles. The maximum Gasteiger partial charge on any atom is 0.220 e. The van der Waals surface area contributed by atoms with Crippen LogP contribution in [0, 0.1) is 0 Å². The van der Waals surface area contributed by atoms with Crippen LogP contribution in [0.15, 0.2) is 0 Å². The SMILES string of the molecule is CCCCCC(=O)N[C@@H]1C(O)[C@H](O)[C@@H](CO)O[C@H]1OCC1(CO)CC(O)[C@@H](NC(C)=O)[C@H](O[C@H]2C(O)[C@@H](NC(C)=O)[C@H](O[C@H]3C(O)[C@@H](NC(C)=O)C(O)O[C@H]3CO)O[C@@H]2CO)O1. The quantitative estimate of drug-likeness (QED) is 0.0536. The minimum atomic E-state index is -1.93. The molecule has 4 amide bonds. The predicted octanol–water partition coefficient (Wildman–Crippen LogP) is -7.22. The molecule has 62 heavy (non-hydrogen) atoms. The average molecular weight is 901 g/mol. The van der Waals surface area contributed by atoms with E-state index in [1.54, 1.807) is 0 Å². The van der Waals surface area contributed by atoms with Crippen LogP contribution in [0.25, 0.3) is 0 Å². The normalized spacial score (nSPS) is 41.2. The van der Waals surface area contributed by atoms with Gasteiger partial charge < -0.3 is 105 Å². The fourth-order valence-corrected chi connectivity index (χ4v) is 7.90. The summed E-state index contributed by atoms with van der Waals surface area (Å²) in [5.41, 5.74) is -1.93. The molecule has 14 N–H and O–H groups in total. The molecule has 4 aliphatic rings. The first-order valence-electron chi connectivity index (χ1n) is 20.5. The Kier molecular flexibility index (Phi) is 19.6. The van der Waals surface area contributed by atoms with Gasteiger partial charge in [0.25, 0.3) is 0 Å². The van der Waals surface area contributed by atoms with Gasteiger partial charge in [0.05, 0.1) is 39.1 Å². The summed E-state index contributed by atoms with van der Waals surface area (Å²) in [6, 6.07) is -5.88. The maximum absolute atomic E-state index is 12.8. The summed E-state index contributed by atoms with van der Waals surface area (Å²) in [5.74, 6) is -2.57. The van der Waals surface area contributed by atoms with E-state index < -0.39 is 179 Å². The van der Waals surface area contributed by atoms with Gasteiger partial charge in [0.2, 0.25) is 23.6 Å². The average Bonchev–Trinajstić information content (AvgIpc) is 3.21. The molecule has 0 bridgehead atoms. The summed E-state index contributed by atoms with van der Waals surface area (Å²) in [4.78, 5) is 49.4. The second kappa shape index (κ2) is 23.4. The number of hydrogen-bond donors (Lipinski definition) is 14. The Morgan fingerprint density at radius 3 is 1.69 bits per heavy atom. The molecule has 4 aliphatic heterocycles. The van der Waals surface area contributed by atoms with Gasteiger partial charge in [-0.3, -0.25) is 19.2 Å². The van der Waals surface area contributed by atoms with Crippen molar-refractivity contribution in [3.63, 3.8) is 0 Å². The van der Waals surface area contributed by atoms with Gasteiger partial charge in [0.1, 0.15) is 84.7 Å². The fourth-order valence-electron chi connectivity index (χ4n) is 7.90. The van der Waals surface area contributed by atoms with Crippen molar-refractivity contribution in [3.05, 3.63) is 0 Å². The molecule has 4 saturated heterocycles. The van der Waals surface area contributed by atoms with Gasteiger partial charge in [0, 0.05) is 33.6 Å². The summed E-state index contributed by atoms with van der Waals surface area (Å²) < 4.78 is 41.3. The molecule has 0 aliphatic carbocycles. The van der Waals surface area contributed by atoms with Gasteiger partial charge in [-0.2, -0.15) is 0 Å². The number of carbonyl (C=O) groups excluding carboxylic acids is 4. The third-order valence-electron chi connectivity index (χ3n) is 11.1. The lowest BCUT2D eigenvalue weighted by atomic mass is 9.89. The molecule has 358 valence electrons. The van der Waals surface area contributed by atoms with E-state index >= 15 is 0 Å². The second-order valence-corrected chi connectivity index (χ2v) is 16.0. The molecule has 0 aromatic heterocycles. The minimum Gasteiger partial charge on any atom is -0.394 e. The number of rotatable bonds is 19. The van der Waals surface area contributed by atoms with E-state index in [9.17, 15) is 70.2 Å². The summed E-state index contributed by atoms with van der Waals surface area (Å²) >= 11 is 0. The lowest BCUT2D eigenvalue weighted by molar-refractivity contribution is -0.360. The van der Waals surface area contributed by atoms with Gasteiger partial charge in [-0.15, -0.1) is 0 Å². The van der Waals surface area contributed by atoms with E-state index in [0.717, 1.165) is 33.6 Å². The van der Waals surface area contributed by atoms with Crippen LogP contribution >= 0.6 is 0 Å². The van der Waals surface area contributed by atoms with Crippen LogP contribution in [0.2, 0.25) is 0 Å².